The molecule has 0 spiro atoms. The number of hydrogen-bond donors (Lipinski definition) is 2. The molecule has 0 aliphatic carbocycles. The molecule has 20 heavy (non-hydrogen) atoms. The predicted octanol–water partition coefficient (Wildman–Crippen LogP) is 3.79. The van der Waals surface area contributed by atoms with Crippen LogP contribution in [0, 0.1) is 9.39 Å². The third-order valence-electron chi connectivity index (χ3n) is 2.74. The van der Waals surface area contributed by atoms with Crippen molar-refractivity contribution >= 4 is 45.8 Å². The van der Waals surface area contributed by atoms with Crippen molar-refractivity contribution in [3.05, 3.63) is 61.9 Å². The van der Waals surface area contributed by atoms with E-state index < -0.39 is 11.7 Å². The summed E-state index contributed by atoms with van der Waals surface area (Å²) in [5, 5.41) is 3.63. The van der Waals surface area contributed by atoms with Crippen molar-refractivity contribution < 1.29 is 9.18 Å². The van der Waals surface area contributed by atoms with Gasteiger partial charge in [0.05, 0.1) is 10.7 Å². The lowest BCUT2D eigenvalue weighted by Gasteiger charge is -2.10. The molecule has 0 radical (unpaired) electrons. The van der Waals surface area contributed by atoms with Gasteiger partial charge in [-0.05, 0) is 52.9 Å². The number of benzene rings is 2. The van der Waals surface area contributed by atoms with Crippen LogP contribution in [0.25, 0.3) is 0 Å². The van der Waals surface area contributed by atoms with Gasteiger partial charge >= 0.3 is 0 Å². The molecule has 0 aromatic heterocycles. The summed E-state index contributed by atoms with van der Waals surface area (Å²) in [5.41, 5.74) is 6.41. The van der Waals surface area contributed by atoms with Crippen LogP contribution in [-0.4, -0.2) is 5.91 Å². The van der Waals surface area contributed by atoms with E-state index in [9.17, 15) is 9.18 Å². The van der Waals surface area contributed by atoms with Gasteiger partial charge in [-0.3, -0.25) is 4.79 Å². The molecule has 0 saturated heterocycles. The zero-order chi connectivity index (χ0) is 14.7. The van der Waals surface area contributed by atoms with Crippen LogP contribution in [0.1, 0.15) is 15.9 Å². The number of amides is 1. The monoisotopic (exact) mass is 404 g/mol. The zero-order valence-corrected chi connectivity index (χ0v) is 13.2. The van der Waals surface area contributed by atoms with Crippen molar-refractivity contribution in [3.8, 4) is 0 Å². The summed E-state index contributed by atoms with van der Waals surface area (Å²) in [6, 6.07) is 9.72. The molecule has 104 valence electrons. The molecule has 2 rings (SSSR count). The van der Waals surface area contributed by atoms with Gasteiger partial charge in [0.25, 0.3) is 0 Å². The number of nitrogens with two attached hydrogens (primary N) is 1. The molecule has 0 fully saturated rings. The summed E-state index contributed by atoms with van der Waals surface area (Å²) >= 11 is 8.24. The van der Waals surface area contributed by atoms with Crippen molar-refractivity contribution in [1.29, 1.82) is 0 Å². The summed E-state index contributed by atoms with van der Waals surface area (Å²) < 4.78 is 14.8. The first-order valence-electron chi connectivity index (χ1n) is 5.74. The van der Waals surface area contributed by atoms with E-state index in [1.165, 1.54) is 12.1 Å². The second-order valence-corrected chi connectivity index (χ2v) is 5.80. The average Bonchev–Trinajstić information content (AvgIpc) is 2.38. The Labute approximate surface area is 134 Å². The Balaban J connectivity index is 2.13. The van der Waals surface area contributed by atoms with E-state index in [0.29, 0.717) is 10.6 Å². The predicted molar refractivity (Wildman–Crippen MR) is 86.4 cm³/mol. The highest BCUT2D eigenvalue weighted by Crippen LogP contribution is 2.24. The van der Waals surface area contributed by atoms with E-state index in [-0.39, 0.29) is 12.1 Å². The number of carbonyl (C=O) groups excluding carboxylic acids is 1. The van der Waals surface area contributed by atoms with E-state index >= 15 is 0 Å². The molecule has 0 unspecified atom stereocenters. The normalized spacial score (nSPS) is 10.3. The number of primary amides is 1. The summed E-state index contributed by atoms with van der Waals surface area (Å²) in [4.78, 5) is 10.9. The second kappa shape index (κ2) is 6.41. The van der Waals surface area contributed by atoms with Gasteiger partial charge in [0, 0.05) is 21.2 Å². The third-order valence-corrected chi connectivity index (χ3v) is 3.72. The maximum absolute atomic E-state index is 13.8. The lowest BCUT2D eigenvalue weighted by molar-refractivity contribution is 0.1000. The second-order valence-electron chi connectivity index (χ2n) is 4.15. The van der Waals surface area contributed by atoms with E-state index in [4.69, 9.17) is 17.3 Å². The Morgan fingerprint density at radius 1 is 1.30 bits per heavy atom. The van der Waals surface area contributed by atoms with Gasteiger partial charge < -0.3 is 11.1 Å². The SMILES string of the molecule is NC(=O)c1ccc(CNc2ccc(I)cc2Cl)c(F)c1. The van der Waals surface area contributed by atoms with E-state index in [0.717, 1.165) is 15.3 Å². The Morgan fingerprint density at radius 3 is 2.65 bits per heavy atom. The van der Waals surface area contributed by atoms with Crippen LogP contribution in [0.3, 0.4) is 0 Å². The molecule has 0 bridgehead atoms. The van der Waals surface area contributed by atoms with Gasteiger partial charge in [0.1, 0.15) is 5.82 Å². The van der Waals surface area contributed by atoms with Crippen LogP contribution < -0.4 is 11.1 Å². The number of nitrogens with one attached hydrogen (secondary N) is 1. The molecule has 0 aliphatic heterocycles. The zero-order valence-electron chi connectivity index (χ0n) is 10.3. The van der Waals surface area contributed by atoms with Gasteiger partial charge in [0.15, 0.2) is 0 Å². The van der Waals surface area contributed by atoms with Crippen LogP contribution in [0.15, 0.2) is 36.4 Å². The molecule has 2 aromatic rings. The van der Waals surface area contributed by atoms with Crippen LogP contribution in [0.5, 0.6) is 0 Å². The summed E-state index contributed by atoms with van der Waals surface area (Å²) in [7, 11) is 0. The lowest BCUT2D eigenvalue weighted by atomic mass is 10.1. The number of halogens is 3. The molecule has 6 heteroatoms. The fourth-order valence-corrected chi connectivity index (χ4v) is 2.59. The van der Waals surface area contributed by atoms with Crippen molar-refractivity contribution in [2.75, 3.05) is 5.32 Å². The minimum absolute atomic E-state index is 0.151. The van der Waals surface area contributed by atoms with Crippen LogP contribution >= 0.6 is 34.2 Å². The topological polar surface area (TPSA) is 55.1 Å². The van der Waals surface area contributed by atoms with E-state index in [1.807, 2.05) is 18.2 Å². The van der Waals surface area contributed by atoms with E-state index in [1.54, 1.807) is 0 Å². The maximum Gasteiger partial charge on any atom is 0.248 e. The maximum atomic E-state index is 13.8. The van der Waals surface area contributed by atoms with Crippen LogP contribution in [-0.2, 0) is 6.54 Å². The van der Waals surface area contributed by atoms with Crippen molar-refractivity contribution in [3.63, 3.8) is 0 Å². The molecular formula is C14H11ClFIN2O. The van der Waals surface area contributed by atoms with Crippen molar-refractivity contribution in [1.82, 2.24) is 0 Å². The summed E-state index contributed by atoms with van der Waals surface area (Å²) in [6.45, 7) is 0.269. The number of rotatable bonds is 4. The molecule has 0 atom stereocenters. The van der Waals surface area contributed by atoms with Gasteiger partial charge in [-0.1, -0.05) is 17.7 Å². The lowest BCUT2D eigenvalue weighted by Crippen LogP contribution is -2.12. The molecule has 1 amide bonds. The molecular weight excluding hydrogens is 394 g/mol. The van der Waals surface area contributed by atoms with Crippen molar-refractivity contribution in [2.24, 2.45) is 5.73 Å². The molecule has 2 aromatic carbocycles. The summed E-state index contributed by atoms with van der Waals surface area (Å²) in [5.74, 6) is -1.13. The minimum Gasteiger partial charge on any atom is -0.380 e. The Kier molecular flexibility index (Phi) is 4.82. The summed E-state index contributed by atoms with van der Waals surface area (Å²) in [6.07, 6.45) is 0. The highest BCUT2D eigenvalue weighted by molar-refractivity contribution is 14.1. The van der Waals surface area contributed by atoms with E-state index in [2.05, 4.69) is 27.9 Å². The van der Waals surface area contributed by atoms with Gasteiger partial charge in [0.2, 0.25) is 5.91 Å². The van der Waals surface area contributed by atoms with Crippen molar-refractivity contribution in [2.45, 2.75) is 6.54 Å². The third kappa shape index (κ3) is 3.61. The van der Waals surface area contributed by atoms with Gasteiger partial charge in [-0.15, -0.1) is 0 Å². The molecule has 3 N–H and O–H groups in total. The first kappa shape index (κ1) is 15.1. The molecule has 0 heterocycles. The fourth-order valence-electron chi connectivity index (χ4n) is 1.67. The minimum atomic E-state index is -0.649. The Bertz CT molecular complexity index is 664. The Hall–Kier alpha value is -1.34. The molecule has 3 nitrogen and oxygen atoms in total. The number of hydrogen-bond acceptors (Lipinski definition) is 2. The fraction of sp³-hybridized carbons (Fsp3) is 0.0714. The molecule has 0 saturated carbocycles. The smallest absolute Gasteiger partial charge is 0.248 e. The number of anilines is 1. The largest absolute Gasteiger partial charge is 0.380 e. The first-order valence-corrected chi connectivity index (χ1v) is 7.20. The molecule has 0 aliphatic rings. The quantitative estimate of drug-likeness (QED) is 0.762. The van der Waals surface area contributed by atoms with Gasteiger partial charge in [-0.2, -0.15) is 0 Å². The van der Waals surface area contributed by atoms with Crippen LogP contribution in [0.2, 0.25) is 5.02 Å². The average molecular weight is 405 g/mol. The van der Waals surface area contributed by atoms with Gasteiger partial charge in [-0.25, -0.2) is 4.39 Å². The highest BCUT2D eigenvalue weighted by atomic mass is 127. The Morgan fingerprint density at radius 2 is 2.05 bits per heavy atom. The van der Waals surface area contributed by atoms with Crippen LogP contribution in [0.4, 0.5) is 10.1 Å². The number of carbonyl (C=O) groups is 1. The first-order chi connectivity index (χ1) is 9.47. The highest BCUT2D eigenvalue weighted by Gasteiger charge is 2.08. The standard InChI is InChI=1S/C14H11ClFIN2O/c15-11-6-10(17)3-4-13(11)19-7-9-2-1-8(14(18)20)5-12(9)16/h1-6,19H,7H2,(H2,18,20).